The highest BCUT2D eigenvalue weighted by atomic mass is 35.5. The Hall–Kier alpha value is -1.50. The van der Waals surface area contributed by atoms with Gasteiger partial charge in [-0.15, -0.1) is 0 Å². The molecule has 152 valence electrons. The number of nitrogens with zero attached hydrogens (tertiary/aromatic N) is 1. The fraction of sp³-hybridized carbons (Fsp3) is 0.667. The molecule has 2 N–H and O–H groups in total. The van der Waals surface area contributed by atoms with Crippen molar-refractivity contribution < 1.29 is 19.4 Å². The molecule has 3 fully saturated rings. The number of halogens is 1. The van der Waals surface area contributed by atoms with Gasteiger partial charge in [-0.25, -0.2) is 0 Å². The van der Waals surface area contributed by atoms with Gasteiger partial charge in [0.1, 0.15) is 0 Å². The molecule has 1 amide bonds. The maximum atomic E-state index is 12.3. The number of benzene rings is 1. The molecule has 4 atom stereocenters. The minimum absolute atomic E-state index is 0.108. The molecule has 1 saturated heterocycles. The Morgan fingerprint density at radius 2 is 1.89 bits per heavy atom. The Bertz CT molecular complexity index is 769. The van der Waals surface area contributed by atoms with Crippen molar-refractivity contribution >= 4 is 17.5 Å². The minimum atomic E-state index is -0.445. The quantitative estimate of drug-likeness (QED) is 0.804. The van der Waals surface area contributed by atoms with Gasteiger partial charge in [0.2, 0.25) is 12.7 Å². The fourth-order valence-electron chi connectivity index (χ4n) is 5.10. The molecule has 2 aliphatic carbocycles. The molecule has 0 aromatic heterocycles. The largest absolute Gasteiger partial charge is 0.454 e. The Labute approximate surface area is 170 Å². The van der Waals surface area contributed by atoms with Gasteiger partial charge in [-0.05, 0) is 49.1 Å². The van der Waals surface area contributed by atoms with E-state index in [-0.39, 0.29) is 24.7 Å². The first-order chi connectivity index (χ1) is 13.6. The van der Waals surface area contributed by atoms with Crippen molar-refractivity contribution in [2.45, 2.75) is 50.8 Å². The van der Waals surface area contributed by atoms with Gasteiger partial charge < -0.3 is 19.9 Å². The number of fused-ring (bicyclic) bond motifs is 2. The third-order valence-corrected chi connectivity index (χ3v) is 7.31. The lowest BCUT2D eigenvalue weighted by atomic mass is 9.77. The average molecular weight is 407 g/mol. The highest BCUT2D eigenvalue weighted by Crippen LogP contribution is 2.40. The fourth-order valence-corrected chi connectivity index (χ4v) is 5.32. The standard InChI is InChI=1S/C21H27ClN2O4/c22-16-7-20-19(27-11-28-20)6-15(16)10-24-8-13-4-17(18(25)5-14(13)9-24)23-21(26)12-2-1-3-12/h6-7,12-14,17-18,25H,1-5,8-11H2,(H,23,26)/t13-,14+,17-,18-/m0/s1. The lowest BCUT2D eigenvalue weighted by Gasteiger charge is -2.37. The number of carbonyl (C=O) groups is 1. The van der Waals surface area contributed by atoms with Crippen LogP contribution in [-0.2, 0) is 11.3 Å². The van der Waals surface area contributed by atoms with Crippen molar-refractivity contribution in [3.05, 3.63) is 22.7 Å². The van der Waals surface area contributed by atoms with Gasteiger partial charge >= 0.3 is 0 Å². The summed E-state index contributed by atoms with van der Waals surface area (Å²) in [4.78, 5) is 14.7. The predicted molar refractivity (Wildman–Crippen MR) is 104 cm³/mol. The average Bonchev–Trinajstić information content (AvgIpc) is 3.19. The second-order valence-electron chi connectivity index (χ2n) is 8.79. The predicted octanol–water partition coefficient (Wildman–Crippen LogP) is 2.56. The smallest absolute Gasteiger partial charge is 0.231 e. The van der Waals surface area contributed by atoms with Gasteiger partial charge in [-0.1, -0.05) is 18.0 Å². The number of likely N-dealkylation sites (tertiary alicyclic amines) is 1. The third kappa shape index (κ3) is 3.46. The zero-order chi connectivity index (χ0) is 19.3. The van der Waals surface area contributed by atoms with Crippen LogP contribution in [0.5, 0.6) is 11.5 Å². The first kappa shape index (κ1) is 18.5. The summed E-state index contributed by atoms with van der Waals surface area (Å²) in [5.41, 5.74) is 1.04. The van der Waals surface area contributed by atoms with Crippen LogP contribution >= 0.6 is 11.6 Å². The summed E-state index contributed by atoms with van der Waals surface area (Å²) in [7, 11) is 0. The van der Waals surface area contributed by atoms with E-state index in [4.69, 9.17) is 21.1 Å². The Morgan fingerprint density at radius 1 is 1.18 bits per heavy atom. The summed E-state index contributed by atoms with van der Waals surface area (Å²) in [6.07, 6.45) is 4.30. The SMILES string of the molecule is O=C(N[C@H]1C[C@H]2CN(Cc3cc4c(cc3Cl)OCO4)C[C@H]2C[C@@H]1O)C1CCC1. The lowest BCUT2D eigenvalue weighted by Crippen LogP contribution is -2.51. The van der Waals surface area contributed by atoms with Gasteiger partial charge in [0, 0.05) is 36.6 Å². The number of hydrogen-bond donors (Lipinski definition) is 2. The number of amides is 1. The monoisotopic (exact) mass is 406 g/mol. The Balaban J connectivity index is 1.21. The molecule has 0 spiro atoms. The van der Waals surface area contributed by atoms with E-state index in [1.807, 2.05) is 12.1 Å². The van der Waals surface area contributed by atoms with Gasteiger partial charge in [0.15, 0.2) is 11.5 Å². The third-order valence-electron chi connectivity index (χ3n) is 6.96. The molecule has 28 heavy (non-hydrogen) atoms. The molecule has 4 aliphatic rings. The van der Waals surface area contributed by atoms with Gasteiger partial charge in [-0.3, -0.25) is 9.69 Å². The molecule has 0 bridgehead atoms. The van der Waals surface area contributed by atoms with Crippen LogP contribution in [0.4, 0.5) is 0 Å². The van der Waals surface area contributed by atoms with Gasteiger partial charge in [0.25, 0.3) is 0 Å². The van der Waals surface area contributed by atoms with Crippen LogP contribution in [0.2, 0.25) is 5.02 Å². The van der Waals surface area contributed by atoms with Crippen LogP contribution in [0.15, 0.2) is 12.1 Å². The number of carbonyl (C=O) groups excluding carboxylic acids is 1. The molecule has 5 rings (SSSR count). The van der Waals surface area contributed by atoms with Crippen molar-refractivity contribution in [3.8, 4) is 11.5 Å². The molecular formula is C21H27ClN2O4. The molecule has 2 heterocycles. The summed E-state index contributed by atoms with van der Waals surface area (Å²) in [6.45, 7) is 2.93. The Kier molecular flexibility index (Phi) is 4.89. The topological polar surface area (TPSA) is 71.0 Å². The molecule has 0 radical (unpaired) electrons. The van der Waals surface area contributed by atoms with Crippen LogP contribution in [-0.4, -0.2) is 47.9 Å². The van der Waals surface area contributed by atoms with Crippen molar-refractivity contribution in [2.24, 2.45) is 17.8 Å². The number of aliphatic hydroxyl groups excluding tert-OH is 1. The first-order valence-corrected chi connectivity index (χ1v) is 10.7. The molecule has 6 nitrogen and oxygen atoms in total. The number of hydrogen-bond acceptors (Lipinski definition) is 5. The highest BCUT2D eigenvalue weighted by molar-refractivity contribution is 6.31. The van der Waals surface area contributed by atoms with Crippen LogP contribution in [0.25, 0.3) is 0 Å². The number of nitrogens with one attached hydrogen (secondary N) is 1. The van der Waals surface area contributed by atoms with Crippen LogP contribution < -0.4 is 14.8 Å². The van der Waals surface area contributed by atoms with E-state index in [1.54, 1.807) is 0 Å². The number of aliphatic hydroxyl groups is 1. The highest BCUT2D eigenvalue weighted by Gasteiger charge is 2.42. The summed E-state index contributed by atoms with van der Waals surface area (Å²) < 4.78 is 10.9. The Morgan fingerprint density at radius 3 is 2.61 bits per heavy atom. The normalized spacial score (nSPS) is 32.1. The second-order valence-corrected chi connectivity index (χ2v) is 9.20. The summed E-state index contributed by atoms with van der Waals surface area (Å²) in [5, 5.41) is 14.4. The maximum absolute atomic E-state index is 12.3. The van der Waals surface area contributed by atoms with Crippen LogP contribution in [0.1, 0.15) is 37.7 Å². The molecule has 1 aromatic rings. The van der Waals surface area contributed by atoms with Gasteiger partial charge in [0.05, 0.1) is 12.1 Å². The number of rotatable bonds is 4. The van der Waals surface area contributed by atoms with E-state index in [9.17, 15) is 9.90 Å². The van der Waals surface area contributed by atoms with Crippen LogP contribution in [0, 0.1) is 17.8 Å². The number of ether oxygens (including phenoxy) is 2. The summed E-state index contributed by atoms with van der Waals surface area (Å²) in [5.74, 6) is 2.73. The molecule has 7 heteroatoms. The summed E-state index contributed by atoms with van der Waals surface area (Å²) >= 11 is 6.44. The van der Waals surface area contributed by atoms with E-state index < -0.39 is 6.10 Å². The zero-order valence-corrected chi connectivity index (χ0v) is 16.7. The van der Waals surface area contributed by atoms with E-state index in [2.05, 4.69) is 10.2 Å². The van der Waals surface area contributed by atoms with Gasteiger partial charge in [-0.2, -0.15) is 0 Å². The second kappa shape index (κ2) is 7.39. The van der Waals surface area contributed by atoms with E-state index in [0.717, 1.165) is 63.1 Å². The van der Waals surface area contributed by atoms with Crippen molar-refractivity contribution in [3.63, 3.8) is 0 Å². The van der Waals surface area contributed by atoms with Crippen molar-refractivity contribution in [1.82, 2.24) is 10.2 Å². The molecule has 0 unspecified atom stereocenters. The van der Waals surface area contributed by atoms with E-state index in [1.165, 1.54) is 0 Å². The molecular weight excluding hydrogens is 380 g/mol. The van der Waals surface area contributed by atoms with Crippen LogP contribution in [0.3, 0.4) is 0 Å². The van der Waals surface area contributed by atoms with E-state index >= 15 is 0 Å². The molecule has 2 aliphatic heterocycles. The maximum Gasteiger partial charge on any atom is 0.231 e. The zero-order valence-electron chi connectivity index (χ0n) is 15.9. The molecule has 2 saturated carbocycles. The summed E-state index contributed by atoms with van der Waals surface area (Å²) in [6, 6.07) is 3.70. The molecule has 1 aromatic carbocycles. The van der Waals surface area contributed by atoms with E-state index in [0.29, 0.717) is 22.6 Å². The van der Waals surface area contributed by atoms with Crippen molar-refractivity contribution in [1.29, 1.82) is 0 Å². The lowest BCUT2D eigenvalue weighted by molar-refractivity contribution is -0.129. The first-order valence-electron chi connectivity index (χ1n) is 10.4. The minimum Gasteiger partial charge on any atom is -0.454 e. The van der Waals surface area contributed by atoms with Crippen molar-refractivity contribution in [2.75, 3.05) is 19.9 Å².